The summed E-state index contributed by atoms with van der Waals surface area (Å²) in [6, 6.07) is 16.3. The van der Waals surface area contributed by atoms with Crippen molar-refractivity contribution >= 4 is 23.5 Å². The molecule has 2 heterocycles. The van der Waals surface area contributed by atoms with Gasteiger partial charge in [-0.15, -0.1) is 0 Å². The summed E-state index contributed by atoms with van der Waals surface area (Å²) in [6.45, 7) is 5.20. The average molecular weight is 503 g/mol. The maximum Gasteiger partial charge on any atom is 0.326 e. The zero-order valence-electron chi connectivity index (χ0n) is 21.6. The fourth-order valence-corrected chi connectivity index (χ4v) is 4.58. The van der Waals surface area contributed by atoms with E-state index in [4.69, 9.17) is 4.74 Å². The van der Waals surface area contributed by atoms with Crippen LogP contribution in [0.3, 0.4) is 0 Å². The summed E-state index contributed by atoms with van der Waals surface area (Å²) in [5.74, 6) is -0.910. The summed E-state index contributed by atoms with van der Waals surface area (Å²) in [6.07, 6.45) is 6.95. The molecule has 0 bridgehead atoms. The fourth-order valence-electron chi connectivity index (χ4n) is 4.58. The van der Waals surface area contributed by atoms with Crippen LogP contribution in [-0.4, -0.2) is 51.6 Å². The van der Waals surface area contributed by atoms with Gasteiger partial charge in [0.05, 0.1) is 12.1 Å². The number of aromatic nitrogens is 2. The van der Waals surface area contributed by atoms with Gasteiger partial charge in [-0.05, 0) is 63.6 Å². The highest BCUT2D eigenvalue weighted by atomic mass is 16.6. The first-order valence-electron chi connectivity index (χ1n) is 12.6. The van der Waals surface area contributed by atoms with Crippen molar-refractivity contribution in [1.82, 2.24) is 14.9 Å². The van der Waals surface area contributed by atoms with E-state index in [1.165, 1.54) is 15.8 Å². The molecule has 37 heavy (non-hydrogen) atoms. The van der Waals surface area contributed by atoms with Crippen LogP contribution in [-0.2, 0) is 27.2 Å². The van der Waals surface area contributed by atoms with Crippen molar-refractivity contribution in [1.29, 1.82) is 0 Å². The van der Waals surface area contributed by atoms with E-state index in [2.05, 4.69) is 10.3 Å². The molecule has 194 valence electrons. The number of hydrogen-bond acceptors (Lipinski definition) is 6. The standard InChI is InChI=1S/C29H34N4O4/c1-29(2,3)37-26(34)19-33-25-12-8-7-11-22(25)14-16-24(28(33)36)31-23(27(35)32-18-17-30-20-32)15-13-21-9-5-4-6-10-21/h4-12,17-18,20,23-24,31H,13-16,19H2,1-3H3/t23-,24-/m0/s1. The van der Waals surface area contributed by atoms with Gasteiger partial charge in [-0.3, -0.25) is 29.2 Å². The highest BCUT2D eigenvalue weighted by Crippen LogP contribution is 2.28. The lowest BCUT2D eigenvalue weighted by Gasteiger charge is -2.29. The maximum atomic E-state index is 13.9. The minimum Gasteiger partial charge on any atom is -0.459 e. The SMILES string of the molecule is CC(C)(C)OC(=O)CN1C(=O)[C@@H](N[C@@H](CCc2ccccc2)C(=O)n2ccnc2)CCc2ccccc21. The minimum atomic E-state index is -0.664. The van der Waals surface area contributed by atoms with Crippen molar-refractivity contribution in [2.45, 2.75) is 64.1 Å². The van der Waals surface area contributed by atoms with Gasteiger partial charge < -0.3 is 4.74 Å². The molecule has 0 radical (unpaired) electrons. The molecule has 0 unspecified atom stereocenters. The number of carbonyl (C=O) groups excluding carboxylic acids is 3. The molecule has 1 aliphatic heterocycles. The van der Waals surface area contributed by atoms with Gasteiger partial charge in [0.25, 0.3) is 0 Å². The summed E-state index contributed by atoms with van der Waals surface area (Å²) in [4.78, 5) is 45.5. The van der Waals surface area contributed by atoms with Crippen molar-refractivity contribution in [2.75, 3.05) is 11.4 Å². The molecule has 8 nitrogen and oxygen atoms in total. The fraction of sp³-hybridized carbons (Fsp3) is 0.379. The highest BCUT2D eigenvalue weighted by Gasteiger charge is 2.35. The lowest BCUT2D eigenvalue weighted by atomic mass is 10.0. The Hall–Kier alpha value is -3.78. The van der Waals surface area contributed by atoms with Crippen LogP contribution < -0.4 is 10.2 Å². The molecule has 8 heteroatoms. The quantitative estimate of drug-likeness (QED) is 0.471. The van der Waals surface area contributed by atoms with Crippen LogP contribution >= 0.6 is 0 Å². The zero-order valence-corrected chi connectivity index (χ0v) is 21.6. The molecule has 0 fully saturated rings. The van der Waals surface area contributed by atoms with Crippen molar-refractivity contribution in [3.63, 3.8) is 0 Å². The number of ether oxygens (including phenoxy) is 1. The summed E-state index contributed by atoms with van der Waals surface area (Å²) in [5.41, 5.74) is 2.12. The first kappa shape index (κ1) is 26.3. The number of benzene rings is 2. The van der Waals surface area contributed by atoms with E-state index in [0.717, 1.165) is 11.1 Å². The Bertz CT molecular complexity index is 1220. The number of anilines is 1. The Morgan fingerprint density at radius 3 is 2.54 bits per heavy atom. The molecule has 2 aromatic carbocycles. The number of hydrogen-bond donors (Lipinski definition) is 1. The van der Waals surface area contributed by atoms with Gasteiger partial charge in [-0.1, -0.05) is 48.5 Å². The molecule has 3 aromatic rings. The van der Waals surface area contributed by atoms with Gasteiger partial charge in [0, 0.05) is 18.1 Å². The third kappa shape index (κ3) is 6.92. The maximum absolute atomic E-state index is 13.9. The first-order valence-corrected chi connectivity index (χ1v) is 12.6. The second-order valence-corrected chi connectivity index (χ2v) is 10.3. The van der Waals surface area contributed by atoms with Crippen LogP contribution in [0.1, 0.15) is 49.5 Å². The molecule has 1 N–H and O–H groups in total. The molecule has 2 atom stereocenters. The van der Waals surface area contributed by atoms with E-state index in [0.29, 0.717) is 31.4 Å². The Kier molecular flexibility index (Phi) is 8.18. The number of nitrogens with zero attached hydrogens (tertiary/aromatic N) is 3. The van der Waals surface area contributed by atoms with Gasteiger partial charge in [0.1, 0.15) is 18.5 Å². The number of para-hydroxylation sites is 1. The smallest absolute Gasteiger partial charge is 0.326 e. The Balaban J connectivity index is 1.58. The molecule has 4 rings (SSSR count). The number of rotatable bonds is 8. The van der Waals surface area contributed by atoms with E-state index < -0.39 is 23.7 Å². The normalized spacial score (nSPS) is 16.6. The van der Waals surface area contributed by atoms with Gasteiger partial charge in [-0.2, -0.15) is 0 Å². The Labute approximate surface area is 217 Å². The van der Waals surface area contributed by atoms with Crippen molar-refractivity contribution < 1.29 is 19.1 Å². The van der Waals surface area contributed by atoms with Gasteiger partial charge >= 0.3 is 5.97 Å². The van der Waals surface area contributed by atoms with E-state index >= 15 is 0 Å². The van der Waals surface area contributed by atoms with Gasteiger partial charge in [-0.25, -0.2) is 4.98 Å². The largest absolute Gasteiger partial charge is 0.459 e. The molecule has 1 aliphatic rings. The summed E-state index contributed by atoms with van der Waals surface area (Å²) in [5, 5.41) is 3.35. The second kappa shape index (κ2) is 11.5. The summed E-state index contributed by atoms with van der Waals surface area (Å²) in [7, 11) is 0. The number of carbonyl (C=O) groups is 3. The lowest BCUT2D eigenvalue weighted by Crippen LogP contribution is -2.53. The van der Waals surface area contributed by atoms with Crippen LogP contribution in [0, 0.1) is 0 Å². The van der Waals surface area contributed by atoms with Crippen LogP contribution in [0.4, 0.5) is 5.69 Å². The van der Waals surface area contributed by atoms with Gasteiger partial charge in [0.15, 0.2) is 0 Å². The van der Waals surface area contributed by atoms with Crippen LogP contribution in [0.25, 0.3) is 0 Å². The van der Waals surface area contributed by atoms with Crippen molar-refractivity contribution in [3.05, 3.63) is 84.4 Å². The van der Waals surface area contributed by atoms with Crippen LogP contribution in [0.15, 0.2) is 73.3 Å². The molecule has 0 saturated heterocycles. The number of aryl methyl sites for hydroxylation is 2. The molecule has 1 aromatic heterocycles. The molecular formula is C29H34N4O4. The number of esters is 1. The second-order valence-electron chi connectivity index (χ2n) is 10.3. The summed E-state index contributed by atoms with van der Waals surface area (Å²) < 4.78 is 6.96. The number of amides is 1. The third-order valence-electron chi connectivity index (χ3n) is 6.28. The van der Waals surface area contributed by atoms with E-state index in [1.807, 2.05) is 54.6 Å². The number of imidazole rings is 1. The molecule has 1 amide bonds. The van der Waals surface area contributed by atoms with E-state index in [9.17, 15) is 14.4 Å². The van der Waals surface area contributed by atoms with Crippen molar-refractivity contribution in [2.24, 2.45) is 0 Å². The van der Waals surface area contributed by atoms with Crippen LogP contribution in [0.2, 0.25) is 0 Å². The molecular weight excluding hydrogens is 468 g/mol. The minimum absolute atomic E-state index is 0.179. The Morgan fingerprint density at radius 1 is 1.11 bits per heavy atom. The highest BCUT2D eigenvalue weighted by molar-refractivity contribution is 6.02. The number of fused-ring (bicyclic) bond motifs is 1. The lowest BCUT2D eigenvalue weighted by molar-refractivity contribution is -0.153. The third-order valence-corrected chi connectivity index (χ3v) is 6.28. The topological polar surface area (TPSA) is 93.5 Å². The zero-order chi connectivity index (χ0) is 26.4. The monoisotopic (exact) mass is 502 g/mol. The summed E-state index contributed by atoms with van der Waals surface area (Å²) >= 11 is 0. The van der Waals surface area contributed by atoms with Crippen molar-refractivity contribution in [3.8, 4) is 0 Å². The van der Waals surface area contributed by atoms with Gasteiger partial charge in [0.2, 0.25) is 11.8 Å². The predicted octanol–water partition coefficient (Wildman–Crippen LogP) is 3.80. The average Bonchev–Trinajstić information content (AvgIpc) is 3.37. The van der Waals surface area contributed by atoms with Crippen LogP contribution in [0.5, 0.6) is 0 Å². The Morgan fingerprint density at radius 2 is 1.84 bits per heavy atom. The first-order chi connectivity index (χ1) is 17.7. The molecule has 0 aliphatic carbocycles. The predicted molar refractivity (Wildman–Crippen MR) is 141 cm³/mol. The number of nitrogens with one attached hydrogen (secondary N) is 1. The molecule has 0 saturated carbocycles. The van der Waals surface area contributed by atoms with E-state index in [1.54, 1.807) is 33.2 Å². The van der Waals surface area contributed by atoms with E-state index in [-0.39, 0.29) is 18.4 Å². The molecule has 0 spiro atoms.